The van der Waals surface area contributed by atoms with Crippen molar-refractivity contribution in [3.05, 3.63) is 34.5 Å². The average Bonchev–Trinajstić information content (AvgIpc) is 2.58. The summed E-state index contributed by atoms with van der Waals surface area (Å²) in [6, 6.07) is 0. The van der Waals surface area contributed by atoms with Gasteiger partial charge in [-0.15, -0.1) is 0 Å². The summed E-state index contributed by atoms with van der Waals surface area (Å²) in [4.78, 5) is 13.3. The van der Waals surface area contributed by atoms with Crippen molar-refractivity contribution in [2.24, 2.45) is 0 Å². The molecule has 0 atom stereocenters. The molecule has 64 valence electrons. The van der Waals surface area contributed by atoms with Gasteiger partial charge in [-0.3, -0.25) is 0 Å². The van der Waals surface area contributed by atoms with Crippen LogP contribution in [0.5, 0.6) is 0 Å². The van der Waals surface area contributed by atoms with Gasteiger partial charge in [0.05, 0.1) is 5.69 Å². The number of fused-ring (bicyclic) bond motifs is 1. The Kier molecular flexibility index (Phi) is 2.01. The third-order valence-electron chi connectivity index (χ3n) is 2.09. The van der Waals surface area contributed by atoms with Gasteiger partial charge in [-0.2, -0.15) is 0 Å². The largest absolute Gasteiger partial charge is 0.360 e. The zero-order valence-corrected chi connectivity index (χ0v) is 7.13. The van der Waals surface area contributed by atoms with Gasteiger partial charge in [-0.25, -0.2) is 0 Å². The smallest absolute Gasteiger partial charge is 0.120 e. The molecule has 1 aromatic heterocycles. The summed E-state index contributed by atoms with van der Waals surface area (Å²) < 4.78 is 0. The van der Waals surface area contributed by atoms with Gasteiger partial charge >= 0.3 is 0 Å². The Morgan fingerprint density at radius 1 is 1.38 bits per heavy atom. The maximum atomic E-state index is 10.2. The second-order valence-electron chi connectivity index (χ2n) is 2.92. The molecule has 0 saturated heterocycles. The van der Waals surface area contributed by atoms with Crippen molar-refractivity contribution in [3.63, 3.8) is 0 Å². The molecule has 0 spiro atoms. The predicted molar refractivity (Wildman–Crippen MR) is 51.1 cm³/mol. The molecule has 0 saturated carbocycles. The first kappa shape index (κ1) is 7.88. The molecule has 1 heterocycles. The fourth-order valence-corrected chi connectivity index (χ4v) is 1.43. The zero-order valence-electron chi connectivity index (χ0n) is 7.13. The van der Waals surface area contributed by atoms with E-state index in [1.54, 1.807) is 0 Å². The van der Waals surface area contributed by atoms with Crippen LogP contribution in [0, 0.1) is 0 Å². The maximum Gasteiger partial charge on any atom is 0.120 e. The molecule has 2 nitrogen and oxygen atoms in total. The molecule has 2 rings (SSSR count). The Morgan fingerprint density at radius 3 is 3.08 bits per heavy atom. The van der Waals surface area contributed by atoms with E-state index in [1.807, 2.05) is 18.3 Å². The molecule has 1 aromatic rings. The van der Waals surface area contributed by atoms with E-state index in [9.17, 15) is 4.79 Å². The van der Waals surface area contributed by atoms with Gasteiger partial charge in [0.15, 0.2) is 0 Å². The van der Waals surface area contributed by atoms with E-state index in [0.717, 1.165) is 24.0 Å². The van der Waals surface area contributed by atoms with E-state index in [0.29, 0.717) is 6.42 Å². The Bertz CT molecular complexity index is 427. The normalized spacial score (nSPS) is 11.7. The molecule has 1 aliphatic rings. The minimum absolute atomic E-state index is 0.575. The Hall–Kier alpha value is -1.75. The van der Waals surface area contributed by atoms with Gasteiger partial charge < -0.3 is 9.78 Å². The van der Waals surface area contributed by atoms with Crippen LogP contribution in [0.1, 0.15) is 23.2 Å². The van der Waals surface area contributed by atoms with Crippen LogP contribution in [-0.2, 0) is 11.2 Å². The number of aldehydes is 1. The van der Waals surface area contributed by atoms with Crippen molar-refractivity contribution in [1.82, 2.24) is 4.98 Å². The molecule has 2 heteroatoms. The highest BCUT2D eigenvalue weighted by molar-refractivity contribution is 5.69. The lowest BCUT2D eigenvalue weighted by atomic mass is 10.1. The van der Waals surface area contributed by atoms with Crippen LogP contribution in [0.2, 0.25) is 0 Å². The number of carbonyl (C=O) groups is 1. The second-order valence-corrected chi connectivity index (χ2v) is 2.92. The summed E-state index contributed by atoms with van der Waals surface area (Å²) in [6.07, 6.45) is 8.01. The number of H-pyrrole nitrogens is 1. The molecule has 0 amide bonds. The molecule has 0 bridgehead atoms. The molecule has 0 aliphatic heterocycles. The number of aromatic amines is 1. The van der Waals surface area contributed by atoms with Crippen LogP contribution in [0.4, 0.5) is 0 Å². The van der Waals surface area contributed by atoms with E-state index in [1.165, 1.54) is 5.56 Å². The number of carbonyl (C=O) groups excluding carboxylic acids is 1. The third-order valence-corrected chi connectivity index (χ3v) is 2.09. The Balaban J connectivity index is 2.31. The van der Waals surface area contributed by atoms with Crippen LogP contribution in [0.3, 0.4) is 0 Å². The summed E-state index contributed by atoms with van der Waals surface area (Å²) in [5, 5.41) is 0. The molecular formula is C11H9NO. The van der Waals surface area contributed by atoms with E-state index in [2.05, 4.69) is 16.4 Å². The first-order valence-electron chi connectivity index (χ1n) is 4.23. The van der Waals surface area contributed by atoms with Crippen LogP contribution in [-0.4, -0.2) is 11.3 Å². The highest BCUT2D eigenvalue weighted by Crippen LogP contribution is 2.19. The minimum Gasteiger partial charge on any atom is -0.360 e. The van der Waals surface area contributed by atoms with Crippen LogP contribution >= 0.6 is 0 Å². The van der Waals surface area contributed by atoms with E-state index >= 15 is 0 Å². The fourth-order valence-electron chi connectivity index (χ4n) is 1.43. The number of aryl methyl sites for hydroxylation is 1. The van der Waals surface area contributed by atoms with Gasteiger partial charge in [0.1, 0.15) is 6.29 Å². The second kappa shape index (κ2) is 3.32. The summed E-state index contributed by atoms with van der Waals surface area (Å²) in [5.74, 6) is 0. The zero-order chi connectivity index (χ0) is 9.10. The lowest BCUT2D eigenvalue weighted by Gasteiger charge is -1.97. The van der Waals surface area contributed by atoms with Crippen molar-refractivity contribution >= 4 is 18.4 Å². The monoisotopic (exact) mass is 171 g/mol. The third kappa shape index (κ3) is 1.41. The predicted octanol–water partition coefficient (Wildman–Crippen LogP) is 1.94. The van der Waals surface area contributed by atoms with E-state index in [-0.39, 0.29) is 0 Å². The number of hydrogen-bond acceptors (Lipinski definition) is 1. The number of aromatic nitrogens is 1. The van der Waals surface area contributed by atoms with E-state index < -0.39 is 0 Å². The molecule has 1 N–H and O–H groups in total. The molecule has 13 heavy (non-hydrogen) atoms. The van der Waals surface area contributed by atoms with Gasteiger partial charge in [0.25, 0.3) is 0 Å². The maximum absolute atomic E-state index is 10.2. The van der Waals surface area contributed by atoms with Crippen molar-refractivity contribution in [1.29, 1.82) is 0 Å². The molecule has 1 aliphatic carbocycles. The Labute approximate surface area is 76.3 Å². The summed E-state index contributed by atoms with van der Waals surface area (Å²) in [7, 11) is 0. The topological polar surface area (TPSA) is 32.9 Å². The first-order chi connectivity index (χ1) is 6.42. The number of rotatable bonds is 3. The van der Waals surface area contributed by atoms with Crippen molar-refractivity contribution in [2.45, 2.75) is 12.8 Å². The fraction of sp³-hybridized carbons (Fsp3) is 0.182. The van der Waals surface area contributed by atoms with E-state index in [4.69, 9.17) is 0 Å². The molecule has 0 radical (unpaired) electrons. The van der Waals surface area contributed by atoms with Crippen LogP contribution in [0.25, 0.3) is 12.2 Å². The molecule has 0 aromatic carbocycles. The SMILES string of the molecule is O=CCCc1c[nH]c2c1C=C=C=C2. The van der Waals surface area contributed by atoms with Crippen LogP contribution < -0.4 is 0 Å². The molecular weight excluding hydrogens is 162 g/mol. The number of hydrogen-bond donors (Lipinski definition) is 1. The van der Waals surface area contributed by atoms with Gasteiger partial charge in [-0.05, 0) is 18.1 Å². The average molecular weight is 171 g/mol. The van der Waals surface area contributed by atoms with Crippen molar-refractivity contribution in [2.75, 3.05) is 0 Å². The highest BCUT2D eigenvalue weighted by atomic mass is 16.1. The van der Waals surface area contributed by atoms with Crippen LogP contribution in [0.15, 0.2) is 17.7 Å². The minimum atomic E-state index is 0.575. The van der Waals surface area contributed by atoms with Gasteiger partial charge in [0, 0.05) is 24.3 Å². The first-order valence-corrected chi connectivity index (χ1v) is 4.23. The standard InChI is InChI=1S/C11H9NO/c13-7-3-4-9-8-12-11-6-2-1-5-10(9)11/h5-8,12H,3-4H2. The number of nitrogens with one attached hydrogen (secondary N) is 1. The lowest BCUT2D eigenvalue weighted by Crippen LogP contribution is -1.87. The molecule has 0 unspecified atom stereocenters. The summed E-state index contributed by atoms with van der Waals surface area (Å²) in [6.45, 7) is 0. The van der Waals surface area contributed by atoms with Gasteiger partial charge in [-0.1, -0.05) is 11.5 Å². The quantitative estimate of drug-likeness (QED) is 0.555. The summed E-state index contributed by atoms with van der Waals surface area (Å²) in [5.41, 5.74) is 9.15. The van der Waals surface area contributed by atoms with Crippen molar-refractivity contribution in [3.8, 4) is 0 Å². The van der Waals surface area contributed by atoms with Crippen molar-refractivity contribution < 1.29 is 4.79 Å². The Morgan fingerprint density at radius 2 is 2.23 bits per heavy atom. The highest BCUT2D eigenvalue weighted by Gasteiger charge is 2.07. The lowest BCUT2D eigenvalue weighted by molar-refractivity contribution is -0.107. The molecule has 0 fully saturated rings. The van der Waals surface area contributed by atoms with Gasteiger partial charge in [0.2, 0.25) is 0 Å². The summed E-state index contributed by atoms with van der Waals surface area (Å²) >= 11 is 0.